The summed E-state index contributed by atoms with van der Waals surface area (Å²) < 4.78 is 27.9. The molecule has 1 aromatic carbocycles. The monoisotopic (exact) mass is 378 g/mol. The van der Waals surface area contributed by atoms with Gasteiger partial charge < -0.3 is 4.90 Å². The van der Waals surface area contributed by atoms with E-state index in [0.29, 0.717) is 16.4 Å². The summed E-state index contributed by atoms with van der Waals surface area (Å²) in [5, 5.41) is 0. The third-order valence-corrected chi connectivity index (χ3v) is 7.06. The van der Waals surface area contributed by atoms with E-state index in [-0.39, 0.29) is 11.8 Å². The first-order valence-electron chi connectivity index (χ1n) is 8.31. The van der Waals surface area contributed by atoms with Crippen molar-refractivity contribution in [1.82, 2.24) is 0 Å². The molecule has 7 heteroatoms. The van der Waals surface area contributed by atoms with Gasteiger partial charge in [0.1, 0.15) is 4.21 Å². The molecule has 0 bridgehead atoms. The number of fused-ring (bicyclic) bond motifs is 1. The van der Waals surface area contributed by atoms with Gasteiger partial charge in [0, 0.05) is 28.7 Å². The van der Waals surface area contributed by atoms with Gasteiger partial charge in [-0.3, -0.25) is 9.52 Å². The molecule has 1 aromatic heterocycles. The molecule has 0 saturated heterocycles. The van der Waals surface area contributed by atoms with Crippen molar-refractivity contribution in [3.63, 3.8) is 0 Å². The Balaban J connectivity index is 1.88. The summed E-state index contributed by atoms with van der Waals surface area (Å²) in [5.74, 6) is 0.0366. The van der Waals surface area contributed by atoms with E-state index < -0.39 is 10.0 Å². The Morgan fingerprint density at radius 3 is 2.64 bits per heavy atom. The molecule has 134 valence electrons. The zero-order chi connectivity index (χ0) is 18.2. The molecular formula is C18H22N2O3S2. The number of aryl methyl sites for hydroxylation is 2. The van der Waals surface area contributed by atoms with Gasteiger partial charge >= 0.3 is 0 Å². The number of hydrogen-bond donors (Lipinski definition) is 1. The molecule has 0 aliphatic carbocycles. The lowest BCUT2D eigenvalue weighted by molar-refractivity contribution is -0.121. The molecule has 2 aromatic rings. The summed E-state index contributed by atoms with van der Waals surface area (Å²) in [6, 6.07) is 8.81. The molecule has 0 atom stereocenters. The minimum atomic E-state index is -3.57. The molecule has 1 amide bonds. The second-order valence-electron chi connectivity index (χ2n) is 6.56. The third-order valence-electron chi connectivity index (χ3n) is 4.19. The fraction of sp³-hybridized carbons (Fsp3) is 0.389. The van der Waals surface area contributed by atoms with Crippen LogP contribution in [-0.4, -0.2) is 20.9 Å². The quantitative estimate of drug-likeness (QED) is 0.880. The number of rotatable bonds is 4. The number of anilines is 2. The molecule has 0 radical (unpaired) electrons. The van der Waals surface area contributed by atoms with Crippen LogP contribution in [0.1, 0.15) is 30.7 Å². The SMILES string of the molecule is Cc1ccc(S(=O)(=O)Nc2ccc3c(c2)CCCN3C(=O)C(C)C)s1. The number of thiophene rings is 1. The van der Waals surface area contributed by atoms with Gasteiger partial charge in [-0.15, -0.1) is 11.3 Å². The van der Waals surface area contributed by atoms with E-state index >= 15 is 0 Å². The van der Waals surface area contributed by atoms with Crippen molar-refractivity contribution in [2.24, 2.45) is 5.92 Å². The summed E-state index contributed by atoms with van der Waals surface area (Å²) in [4.78, 5) is 15.1. The zero-order valence-corrected chi connectivity index (χ0v) is 16.2. The number of nitrogens with one attached hydrogen (secondary N) is 1. The molecule has 3 rings (SSSR count). The maximum absolute atomic E-state index is 12.5. The van der Waals surface area contributed by atoms with Crippen LogP contribution >= 0.6 is 11.3 Å². The van der Waals surface area contributed by atoms with Crippen molar-refractivity contribution in [2.75, 3.05) is 16.2 Å². The molecule has 0 fully saturated rings. The normalized spacial score (nSPS) is 14.5. The fourth-order valence-corrected chi connectivity index (χ4v) is 5.30. The van der Waals surface area contributed by atoms with Crippen LogP contribution in [0.4, 0.5) is 11.4 Å². The van der Waals surface area contributed by atoms with Crippen LogP contribution in [0.25, 0.3) is 0 Å². The second-order valence-corrected chi connectivity index (χ2v) is 9.76. The molecule has 5 nitrogen and oxygen atoms in total. The van der Waals surface area contributed by atoms with Gasteiger partial charge in [-0.2, -0.15) is 0 Å². The van der Waals surface area contributed by atoms with Crippen LogP contribution in [0.2, 0.25) is 0 Å². The summed E-state index contributed by atoms with van der Waals surface area (Å²) in [6.45, 7) is 6.37. The largest absolute Gasteiger partial charge is 0.312 e. The van der Waals surface area contributed by atoms with Crippen LogP contribution in [0.3, 0.4) is 0 Å². The van der Waals surface area contributed by atoms with E-state index in [2.05, 4.69) is 4.72 Å². The molecule has 1 aliphatic rings. The van der Waals surface area contributed by atoms with E-state index in [1.165, 1.54) is 11.3 Å². The van der Waals surface area contributed by atoms with E-state index in [4.69, 9.17) is 0 Å². The highest BCUT2D eigenvalue weighted by Gasteiger charge is 2.25. The smallest absolute Gasteiger partial charge is 0.271 e. The van der Waals surface area contributed by atoms with Gasteiger partial charge in [0.05, 0.1) is 0 Å². The van der Waals surface area contributed by atoms with E-state index in [0.717, 1.165) is 29.0 Å². The van der Waals surface area contributed by atoms with Crippen LogP contribution < -0.4 is 9.62 Å². The van der Waals surface area contributed by atoms with Crippen molar-refractivity contribution in [2.45, 2.75) is 37.8 Å². The Morgan fingerprint density at radius 2 is 2.00 bits per heavy atom. The average Bonchev–Trinajstić information content (AvgIpc) is 3.00. The zero-order valence-electron chi connectivity index (χ0n) is 14.6. The van der Waals surface area contributed by atoms with Gasteiger partial charge in [-0.1, -0.05) is 13.8 Å². The number of benzene rings is 1. The first kappa shape index (κ1) is 17.9. The van der Waals surface area contributed by atoms with Crippen LogP contribution in [-0.2, 0) is 21.2 Å². The number of carbonyl (C=O) groups excluding carboxylic acids is 1. The first-order chi connectivity index (χ1) is 11.8. The van der Waals surface area contributed by atoms with Crippen molar-refractivity contribution >= 4 is 38.6 Å². The first-order valence-corrected chi connectivity index (χ1v) is 10.6. The minimum Gasteiger partial charge on any atom is -0.312 e. The van der Waals surface area contributed by atoms with Crippen molar-refractivity contribution in [3.05, 3.63) is 40.8 Å². The average molecular weight is 379 g/mol. The summed E-state index contributed by atoms with van der Waals surface area (Å²) in [6.07, 6.45) is 1.72. The summed E-state index contributed by atoms with van der Waals surface area (Å²) >= 11 is 1.25. The van der Waals surface area contributed by atoms with E-state index in [1.54, 1.807) is 18.2 Å². The Hall–Kier alpha value is -1.86. The Kier molecular flexibility index (Phi) is 4.88. The lowest BCUT2D eigenvalue weighted by Crippen LogP contribution is -2.38. The predicted molar refractivity (Wildman–Crippen MR) is 102 cm³/mol. The van der Waals surface area contributed by atoms with Crippen LogP contribution in [0, 0.1) is 12.8 Å². The Morgan fingerprint density at radius 1 is 1.24 bits per heavy atom. The standard InChI is InChI=1S/C18H22N2O3S2/c1-12(2)18(21)20-10-4-5-14-11-15(7-8-16(14)20)19-25(22,23)17-9-6-13(3)24-17/h6-9,11-12,19H,4-5,10H2,1-3H3. The van der Waals surface area contributed by atoms with E-state index in [1.807, 2.05) is 37.8 Å². The Labute approximate surface area is 152 Å². The minimum absolute atomic E-state index is 0.0637. The molecule has 2 heterocycles. The van der Waals surface area contributed by atoms with Gasteiger partial charge in [0.2, 0.25) is 5.91 Å². The lowest BCUT2D eigenvalue weighted by atomic mass is 9.99. The number of amides is 1. The number of sulfonamides is 1. The summed E-state index contributed by atoms with van der Waals surface area (Å²) in [5.41, 5.74) is 2.42. The van der Waals surface area contributed by atoms with Crippen molar-refractivity contribution < 1.29 is 13.2 Å². The molecule has 0 unspecified atom stereocenters. The molecule has 0 spiro atoms. The number of nitrogens with zero attached hydrogens (tertiary/aromatic N) is 1. The van der Waals surface area contributed by atoms with Crippen molar-refractivity contribution in [3.8, 4) is 0 Å². The van der Waals surface area contributed by atoms with Crippen molar-refractivity contribution in [1.29, 1.82) is 0 Å². The molecule has 1 aliphatic heterocycles. The number of hydrogen-bond acceptors (Lipinski definition) is 4. The van der Waals surface area contributed by atoms with E-state index in [9.17, 15) is 13.2 Å². The number of carbonyl (C=O) groups is 1. The fourth-order valence-electron chi connectivity index (χ4n) is 2.96. The van der Waals surface area contributed by atoms with Gasteiger partial charge in [-0.25, -0.2) is 8.42 Å². The Bertz CT molecular complexity index is 901. The second kappa shape index (κ2) is 6.80. The molecular weight excluding hydrogens is 356 g/mol. The maximum Gasteiger partial charge on any atom is 0.271 e. The molecule has 1 N–H and O–H groups in total. The maximum atomic E-state index is 12.5. The van der Waals surface area contributed by atoms with Crippen LogP contribution in [0.5, 0.6) is 0 Å². The topological polar surface area (TPSA) is 66.5 Å². The predicted octanol–water partition coefficient (Wildman–Crippen LogP) is 3.79. The van der Waals surface area contributed by atoms with Gasteiger partial charge in [0.25, 0.3) is 10.0 Å². The van der Waals surface area contributed by atoms with Gasteiger partial charge in [-0.05, 0) is 55.7 Å². The third kappa shape index (κ3) is 3.72. The summed E-state index contributed by atoms with van der Waals surface area (Å²) in [7, 11) is -3.57. The molecule has 0 saturated carbocycles. The highest BCUT2D eigenvalue weighted by molar-refractivity contribution is 7.94. The van der Waals surface area contributed by atoms with Crippen LogP contribution in [0.15, 0.2) is 34.5 Å². The van der Waals surface area contributed by atoms with Gasteiger partial charge in [0.15, 0.2) is 0 Å². The highest BCUT2D eigenvalue weighted by Crippen LogP contribution is 2.32. The molecule has 25 heavy (non-hydrogen) atoms. The highest BCUT2D eigenvalue weighted by atomic mass is 32.2. The lowest BCUT2D eigenvalue weighted by Gasteiger charge is -2.31.